The number of benzene rings is 1. The van der Waals surface area contributed by atoms with E-state index < -0.39 is 0 Å². The first-order chi connectivity index (χ1) is 6.51. The normalized spacial score (nSPS) is 17.1. The van der Waals surface area contributed by atoms with Gasteiger partial charge >= 0.3 is 0 Å². The molecule has 1 saturated carbocycles. The maximum Gasteiger partial charge on any atom is -0.00752 e. The van der Waals surface area contributed by atoms with Gasteiger partial charge in [-0.15, -0.1) is 0 Å². The highest BCUT2D eigenvalue weighted by Gasteiger charge is 2.38. The van der Waals surface area contributed by atoms with E-state index in [1.54, 1.807) is 0 Å². The highest BCUT2D eigenvalue weighted by molar-refractivity contribution is 5.35. The fraction of sp³-hybridized carbons (Fsp3) is 0.571. The quantitative estimate of drug-likeness (QED) is 0.658. The lowest BCUT2D eigenvalue weighted by Crippen LogP contribution is -2.19. The molecule has 0 nitrogen and oxygen atoms in total. The van der Waals surface area contributed by atoms with Crippen LogP contribution in [0.1, 0.15) is 43.4 Å². The summed E-state index contributed by atoms with van der Waals surface area (Å²) >= 11 is 0. The maximum absolute atomic E-state index is 2.38. The van der Waals surface area contributed by atoms with Gasteiger partial charge in [-0.25, -0.2) is 0 Å². The van der Waals surface area contributed by atoms with E-state index in [1.807, 2.05) is 0 Å². The monoisotopic (exact) mass is 188 g/mol. The van der Waals surface area contributed by atoms with Gasteiger partial charge in [-0.2, -0.15) is 0 Å². The molecule has 0 radical (unpaired) electrons. The van der Waals surface area contributed by atoms with Crippen molar-refractivity contribution in [2.24, 2.45) is 5.92 Å². The molecule has 76 valence electrons. The van der Waals surface area contributed by atoms with Crippen LogP contribution in [0.25, 0.3) is 0 Å². The van der Waals surface area contributed by atoms with E-state index in [1.165, 1.54) is 29.5 Å². The molecule has 0 N–H and O–H groups in total. The van der Waals surface area contributed by atoms with Crippen LogP contribution in [-0.4, -0.2) is 0 Å². The summed E-state index contributed by atoms with van der Waals surface area (Å²) in [4.78, 5) is 0. The predicted molar refractivity (Wildman–Crippen MR) is 61.7 cm³/mol. The minimum Gasteiger partial charge on any atom is -0.0588 e. The Balaban J connectivity index is 2.36. The molecule has 1 aromatic rings. The largest absolute Gasteiger partial charge is 0.0588 e. The summed E-state index contributed by atoms with van der Waals surface area (Å²) in [6.07, 6.45) is 2.83. The number of aryl methyl sites for hydroxylation is 2. The predicted octanol–water partition coefficient (Wildman–Crippen LogP) is 3.99. The summed E-state index contributed by atoms with van der Waals surface area (Å²) in [5.41, 5.74) is 4.73. The van der Waals surface area contributed by atoms with Crippen molar-refractivity contribution in [1.82, 2.24) is 0 Å². The van der Waals surface area contributed by atoms with Gasteiger partial charge in [-0.1, -0.05) is 32.0 Å². The van der Waals surface area contributed by atoms with E-state index >= 15 is 0 Å². The van der Waals surface area contributed by atoms with Crippen molar-refractivity contribution >= 4 is 0 Å². The molecule has 0 bridgehead atoms. The van der Waals surface area contributed by atoms with Crippen molar-refractivity contribution in [3.05, 3.63) is 34.9 Å². The van der Waals surface area contributed by atoms with Gasteiger partial charge in [0.15, 0.2) is 0 Å². The van der Waals surface area contributed by atoms with Crippen LogP contribution in [0.5, 0.6) is 0 Å². The Morgan fingerprint density at radius 2 is 1.71 bits per heavy atom. The molecule has 0 aromatic heterocycles. The van der Waals surface area contributed by atoms with Gasteiger partial charge in [0.05, 0.1) is 0 Å². The molecule has 0 heteroatoms. The SMILES string of the molecule is Cc1ccc(C(C)(C)C2CC2)cc1C. The van der Waals surface area contributed by atoms with Crippen LogP contribution in [0.2, 0.25) is 0 Å². The zero-order chi connectivity index (χ0) is 10.3. The first kappa shape index (κ1) is 9.76. The molecule has 0 unspecified atom stereocenters. The van der Waals surface area contributed by atoms with Gasteiger partial charge in [0.25, 0.3) is 0 Å². The van der Waals surface area contributed by atoms with Gasteiger partial charge in [0, 0.05) is 0 Å². The first-order valence-electron chi connectivity index (χ1n) is 5.59. The number of rotatable bonds is 2. The van der Waals surface area contributed by atoms with Gasteiger partial charge in [0.2, 0.25) is 0 Å². The zero-order valence-electron chi connectivity index (χ0n) is 9.72. The van der Waals surface area contributed by atoms with E-state index in [2.05, 4.69) is 45.9 Å². The Kier molecular flexibility index (Phi) is 2.17. The molecular formula is C14H20. The topological polar surface area (TPSA) is 0 Å². The molecule has 14 heavy (non-hydrogen) atoms. The van der Waals surface area contributed by atoms with Crippen LogP contribution in [0.15, 0.2) is 18.2 Å². The summed E-state index contributed by atoms with van der Waals surface area (Å²) < 4.78 is 0. The van der Waals surface area contributed by atoms with Crippen molar-refractivity contribution in [3.63, 3.8) is 0 Å². The van der Waals surface area contributed by atoms with Crippen LogP contribution >= 0.6 is 0 Å². The Hall–Kier alpha value is -0.780. The van der Waals surface area contributed by atoms with Crippen molar-refractivity contribution in [1.29, 1.82) is 0 Å². The Morgan fingerprint density at radius 1 is 1.07 bits per heavy atom. The molecule has 1 fully saturated rings. The van der Waals surface area contributed by atoms with Gasteiger partial charge in [-0.05, 0) is 54.7 Å². The Bertz CT molecular complexity index is 343. The van der Waals surface area contributed by atoms with E-state index in [9.17, 15) is 0 Å². The second-order valence-electron chi connectivity index (χ2n) is 5.29. The molecule has 1 aliphatic carbocycles. The standard InChI is InChI=1S/C14H20/c1-10-5-6-13(9-11(10)2)14(3,4)12-7-8-12/h5-6,9,12H,7-8H2,1-4H3. The summed E-state index contributed by atoms with van der Waals surface area (Å²) in [7, 11) is 0. The van der Waals surface area contributed by atoms with E-state index in [0.29, 0.717) is 5.41 Å². The zero-order valence-corrected chi connectivity index (χ0v) is 9.72. The summed E-state index contributed by atoms with van der Waals surface area (Å²) in [5.74, 6) is 0.921. The molecule has 0 saturated heterocycles. The van der Waals surface area contributed by atoms with Crippen LogP contribution in [0.4, 0.5) is 0 Å². The molecular weight excluding hydrogens is 168 g/mol. The maximum atomic E-state index is 2.38. The third-order valence-corrected chi connectivity index (χ3v) is 3.85. The third kappa shape index (κ3) is 1.58. The van der Waals surface area contributed by atoms with E-state index in [0.717, 1.165) is 5.92 Å². The van der Waals surface area contributed by atoms with Crippen LogP contribution in [-0.2, 0) is 5.41 Å². The molecule has 0 aliphatic heterocycles. The Labute approximate surface area is 87.3 Å². The summed E-state index contributed by atoms with van der Waals surface area (Å²) in [6, 6.07) is 6.93. The van der Waals surface area contributed by atoms with Gasteiger partial charge in [-0.3, -0.25) is 0 Å². The van der Waals surface area contributed by atoms with Crippen molar-refractivity contribution in [2.75, 3.05) is 0 Å². The van der Waals surface area contributed by atoms with Crippen LogP contribution < -0.4 is 0 Å². The smallest absolute Gasteiger partial charge is 0.00752 e. The summed E-state index contributed by atoms with van der Waals surface area (Å²) in [5, 5.41) is 0. The molecule has 0 amide bonds. The van der Waals surface area contributed by atoms with Crippen LogP contribution in [0.3, 0.4) is 0 Å². The highest BCUT2D eigenvalue weighted by atomic mass is 14.4. The van der Waals surface area contributed by atoms with Crippen molar-refractivity contribution in [3.8, 4) is 0 Å². The Morgan fingerprint density at radius 3 is 2.21 bits per heavy atom. The first-order valence-corrected chi connectivity index (χ1v) is 5.59. The molecule has 0 spiro atoms. The lowest BCUT2D eigenvalue weighted by molar-refractivity contribution is 0.454. The van der Waals surface area contributed by atoms with Gasteiger partial charge < -0.3 is 0 Å². The number of hydrogen-bond donors (Lipinski definition) is 0. The summed E-state index contributed by atoms with van der Waals surface area (Å²) in [6.45, 7) is 9.16. The van der Waals surface area contributed by atoms with Gasteiger partial charge in [0.1, 0.15) is 0 Å². The minimum atomic E-state index is 0.387. The number of hydrogen-bond acceptors (Lipinski definition) is 0. The molecule has 2 rings (SSSR count). The lowest BCUT2D eigenvalue weighted by Gasteiger charge is -2.25. The van der Waals surface area contributed by atoms with Crippen molar-refractivity contribution < 1.29 is 0 Å². The second kappa shape index (κ2) is 3.12. The second-order valence-corrected chi connectivity index (χ2v) is 5.29. The minimum absolute atomic E-state index is 0.387. The van der Waals surface area contributed by atoms with E-state index in [4.69, 9.17) is 0 Å². The van der Waals surface area contributed by atoms with Crippen molar-refractivity contribution in [2.45, 2.75) is 46.0 Å². The van der Waals surface area contributed by atoms with E-state index in [-0.39, 0.29) is 0 Å². The highest BCUT2D eigenvalue weighted by Crippen LogP contribution is 2.47. The lowest BCUT2D eigenvalue weighted by atomic mass is 9.79. The average molecular weight is 188 g/mol. The fourth-order valence-corrected chi connectivity index (χ4v) is 2.18. The molecule has 0 atom stereocenters. The molecule has 1 aromatic carbocycles. The van der Waals surface area contributed by atoms with Crippen LogP contribution in [0, 0.1) is 19.8 Å². The third-order valence-electron chi connectivity index (χ3n) is 3.85. The molecule has 1 aliphatic rings. The molecule has 0 heterocycles. The average Bonchev–Trinajstić information content (AvgIpc) is 2.92. The fourth-order valence-electron chi connectivity index (χ4n) is 2.18.